The molecule has 0 nitrogen and oxygen atoms in total. The molecule has 0 heterocycles. The van der Waals surface area contributed by atoms with Crippen molar-refractivity contribution < 1.29 is 0 Å². The van der Waals surface area contributed by atoms with E-state index in [-0.39, 0.29) is 7.61 Å². The van der Waals surface area contributed by atoms with Crippen molar-refractivity contribution in [3.63, 3.8) is 0 Å². The summed E-state index contributed by atoms with van der Waals surface area (Å²) in [7, 11) is 1.60. The maximum absolute atomic E-state index is 4.33. The summed E-state index contributed by atoms with van der Waals surface area (Å²) in [5.74, 6) is 0. The van der Waals surface area contributed by atoms with Crippen LogP contribution in [-0.2, 0) is 0 Å². The van der Waals surface area contributed by atoms with Crippen LogP contribution in [0.5, 0.6) is 0 Å². The van der Waals surface area contributed by atoms with Gasteiger partial charge >= 0.3 is 0 Å². The summed E-state index contributed by atoms with van der Waals surface area (Å²) in [6.07, 6.45) is 0. The Bertz CT molecular complexity index is 352. The molecule has 0 N–H and O–H groups in total. The van der Waals surface area contributed by atoms with Gasteiger partial charge in [-0.25, -0.2) is 0 Å². The van der Waals surface area contributed by atoms with Gasteiger partial charge < -0.3 is 0 Å². The highest BCUT2D eigenvalue weighted by molar-refractivity contribution is 9.44. The molecular weight excluding hydrogens is 365 g/mol. The Morgan fingerprint density at radius 3 is 1.05 bits per heavy atom. The molecule has 0 bridgehead atoms. The SMILES string of the molecule is CC(C)(C)P(P=P(Br)(C(C)(C)C)C(C)(C)C)C(C)(C)C. The van der Waals surface area contributed by atoms with Crippen molar-refractivity contribution in [3.05, 3.63) is 0 Å². The highest BCUT2D eigenvalue weighted by Gasteiger charge is 2.44. The first-order chi connectivity index (χ1) is 8.34. The van der Waals surface area contributed by atoms with Crippen LogP contribution in [-0.4, -0.2) is 20.6 Å². The number of hydrogen-bond donors (Lipinski definition) is 0. The van der Waals surface area contributed by atoms with Gasteiger partial charge in [0, 0.05) is 0 Å². The third-order valence-electron chi connectivity index (χ3n) is 3.26. The third-order valence-corrected chi connectivity index (χ3v) is 32.3. The first kappa shape index (κ1) is 21.6. The van der Waals surface area contributed by atoms with E-state index in [1.165, 1.54) is 0 Å². The van der Waals surface area contributed by atoms with Gasteiger partial charge in [0.2, 0.25) is 0 Å². The summed E-state index contributed by atoms with van der Waals surface area (Å²) in [6, 6.07) is 0. The van der Waals surface area contributed by atoms with Crippen molar-refractivity contribution in [2.75, 3.05) is 0 Å². The average Bonchev–Trinajstić information content (AvgIpc) is 2.05. The largest absolute Gasteiger partial charge is 0.0670 e. The van der Waals surface area contributed by atoms with Gasteiger partial charge in [-0.2, -0.15) is 0 Å². The highest BCUT2D eigenvalue weighted by atomic mass is 79.9. The topological polar surface area (TPSA) is 0 Å². The van der Waals surface area contributed by atoms with Gasteiger partial charge in [-0.1, -0.05) is 106 Å². The van der Waals surface area contributed by atoms with Crippen LogP contribution in [0.4, 0.5) is 0 Å². The summed E-state index contributed by atoms with van der Waals surface area (Å²) >= 11 is 4.33. The minimum Gasteiger partial charge on any atom is -0.0670 e. The summed E-state index contributed by atoms with van der Waals surface area (Å²) < 4.78 is 0. The lowest BCUT2D eigenvalue weighted by molar-refractivity contribution is 0.717. The van der Waals surface area contributed by atoms with Gasteiger partial charge in [-0.3, -0.25) is 0 Å². The number of hydrogen-bond acceptors (Lipinski definition) is 0. The van der Waals surface area contributed by atoms with Crippen LogP contribution in [0, 0.1) is 0 Å². The highest BCUT2D eigenvalue weighted by Crippen LogP contribution is 2.88. The van der Waals surface area contributed by atoms with Crippen LogP contribution < -0.4 is 0 Å². The van der Waals surface area contributed by atoms with E-state index in [0.29, 0.717) is 20.6 Å². The van der Waals surface area contributed by atoms with Crippen molar-refractivity contribution in [1.82, 2.24) is 0 Å². The molecule has 0 radical (unpaired) electrons. The van der Waals surface area contributed by atoms with Gasteiger partial charge in [-0.15, -0.1) is 0 Å². The molecule has 0 unspecified atom stereocenters. The molecule has 0 atom stereocenters. The summed E-state index contributed by atoms with van der Waals surface area (Å²) in [5.41, 5.74) is 0. The fourth-order valence-corrected chi connectivity index (χ4v) is 27.7. The van der Waals surface area contributed by atoms with Crippen LogP contribution in [0.3, 0.4) is 0 Å². The van der Waals surface area contributed by atoms with E-state index in [0.717, 1.165) is 0 Å². The van der Waals surface area contributed by atoms with Crippen molar-refractivity contribution in [2.45, 2.75) is 104 Å². The second-order valence-corrected chi connectivity index (χ2v) is 26.9. The van der Waals surface area contributed by atoms with Gasteiger partial charge in [0.15, 0.2) is 0 Å². The van der Waals surface area contributed by atoms with Crippen molar-refractivity contribution in [1.29, 1.82) is 0 Å². The summed E-state index contributed by atoms with van der Waals surface area (Å²) in [5, 5.41) is 0.189. The third kappa shape index (κ3) is 5.08. The van der Waals surface area contributed by atoms with Crippen LogP contribution in [0.25, 0.3) is 0 Å². The quantitative estimate of drug-likeness (QED) is 0.385. The van der Waals surface area contributed by atoms with Gasteiger partial charge in [0.1, 0.15) is 0 Å². The van der Waals surface area contributed by atoms with Crippen molar-refractivity contribution in [3.8, 4) is 0 Å². The Morgan fingerprint density at radius 2 is 0.900 bits per heavy atom. The summed E-state index contributed by atoms with van der Waals surface area (Å²) in [6.45, 7) is 29.1. The number of halogens is 1. The lowest BCUT2D eigenvalue weighted by atomic mass is 10.2. The van der Waals surface area contributed by atoms with Crippen molar-refractivity contribution >= 4 is 35.9 Å². The molecule has 0 rings (SSSR count). The monoisotopic (exact) mass is 400 g/mol. The molecule has 0 aliphatic rings. The standard InChI is InChI=1S/C16H36BrP3/c1-13(2,3)19(14(4,5)6)18-20(17,15(7,8)9)16(10,11)12/h1-12H3. The van der Waals surface area contributed by atoms with Gasteiger partial charge in [0.25, 0.3) is 0 Å². The molecule has 20 heavy (non-hydrogen) atoms. The van der Waals surface area contributed by atoms with Crippen LogP contribution in [0.1, 0.15) is 83.1 Å². The van der Waals surface area contributed by atoms with E-state index in [1.807, 2.05) is 0 Å². The van der Waals surface area contributed by atoms with Crippen LogP contribution in [0.2, 0.25) is 0 Å². The molecule has 0 amide bonds. The Hall–Kier alpha value is 1.64. The molecule has 0 saturated carbocycles. The lowest BCUT2D eigenvalue weighted by Gasteiger charge is -2.47. The molecule has 0 saturated heterocycles. The Balaban J connectivity index is 6.32. The maximum atomic E-state index is 4.33. The first-order valence-corrected chi connectivity index (χ1v) is 14.9. The van der Waals surface area contributed by atoms with E-state index in [9.17, 15) is 0 Å². The van der Waals surface area contributed by atoms with E-state index in [2.05, 4.69) is 98.6 Å². The molecular formula is C16H36BrP3. The fraction of sp³-hybridized carbons (Fsp3) is 1.00. The Labute approximate surface area is 139 Å². The van der Waals surface area contributed by atoms with E-state index >= 15 is 0 Å². The predicted molar refractivity (Wildman–Crippen MR) is 109 cm³/mol. The van der Waals surface area contributed by atoms with Gasteiger partial charge in [0.05, 0.1) is 0 Å². The lowest BCUT2D eigenvalue weighted by Crippen LogP contribution is -2.26. The van der Waals surface area contributed by atoms with Crippen LogP contribution in [0.15, 0.2) is 0 Å². The van der Waals surface area contributed by atoms with Crippen molar-refractivity contribution in [2.24, 2.45) is 0 Å². The molecule has 0 aromatic carbocycles. The zero-order valence-electron chi connectivity index (χ0n) is 15.7. The average molecular weight is 401 g/mol. The first-order valence-electron chi connectivity index (χ1n) is 7.46. The second kappa shape index (κ2) is 6.27. The number of rotatable bonds is 1. The minimum atomic E-state index is -1.27. The van der Waals surface area contributed by atoms with E-state index in [1.54, 1.807) is 7.56 Å². The summed E-state index contributed by atoms with van der Waals surface area (Å²) in [4.78, 5) is 0. The second-order valence-electron chi connectivity index (χ2n) is 9.64. The molecule has 0 aliphatic heterocycles. The van der Waals surface area contributed by atoms with E-state index < -0.39 is 5.25 Å². The Kier molecular flexibility index (Phi) is 6.78. The van der Waals surface area contributed by atoms with E-state index in [4.69, 9.17) is 0 Å². The molecule has 0 aromatic heterocycles. The van der Waals surface area contributed by atoms with Gasteiger partial charge in [-0.05, 0) is 33.5 Å². The maximum Gasteiger partial charge on any atom is -0.00457 e. The molecule has 0 aromatic rings. The molecule has 122 valence electrons. The minimum absolute atomic E-state index is 0.0846. The molecule has 4 heteroatoms. The Morgan fingerprint density at radius 1 is 0.650 bits per heavy atom. The smallest absolute Gasteiger partial charge is 0.00457 e. The molecule has 0 fully saturated rings. The zero-order chi connectivity index (χ0) is 16.8. The fourth-order valence-electron chi connectivity index (χ4n) is 2.67. The van der Waals surface area contributed by atoms with Crippen LogP contribution >= 0.6 is 35.9 Å². The molecule has 0 spiro atoms. The predicted octanol–water partition coefficient (Wildman–Crippen LogP) is 8.77. The molecule has 0 aliphatic carbocycles. The zero-order valence-corrected chi connectivity index (χ0v) is 20.0. The normalized spacial score (nSPS) is 16.1.